The molecule has 1 atom stereocenters. The summed E-state index contributed by atoms with van der Waals surface area (Å²) in [5.74, 6) is 0.650. The van der Waals surface area contributed by atoms with Gasteiger partial charge in [-0.1, -0.05) is 43.7 Å². The fourth-order valence-corrected chi connectivity index (χ4v) is 1.77. The highest BCUT2D eigenvalue weighted by Crippen LogP contribution is 2.24. The minimum absolute atomic E-state index is 0.650. The molecule has 1 aliphatic rings. The van der Waals surface area contributed by atoms with E-state index in [9.17, 15) is 5.11 Å². The molecule has 2 heteroatoms. The van der Waals surface area contributed by atoms with Crippen molar-refractivity contribution in [1.29, 1.82) is 0 Å². The van der Waals surface area contributed by atoms with Crippen molar-refractivity contribution in [3.8, 4) is 0 Å². The van der Waals surface area contributed by atoms with E-state index in [-0.39, 0.29) is 0 Å². The minimum Gasteiger partial charge on any atom is -0.365 e. The second kappa shape index (κ2) is 7.43. The van der Waals surface area contributed by atoms with Crippen LogP contribution in [-0.2, 0) is 4.74 Å². The van der Waals surface area contributed by atoms with Crippen molar-refractivity contribution in [3.63, 3.8) is 0 Å². The summed E-state index contributed by atoms with van der Waals surface area (Å²) in [6.07, 6.45) is 13.0. The zero-order valence-corrected chi connectivity index (χ0v) is 9.14. The second-order valence-electron chi connectivity index (χ2n) is 3.88. The number of aliphatic hydroxyl groups is 1. The SMILES string of the molecule is C=CC=CC=CC(O)OCC1CCCC1. The molecule has 0 radical (unpaired) electrons. The van der Waals surface area contributed by atoms with Gasteiger partial charge in [0, 0.05) is 0 Å². The van der Waals surface area contributed by atoms with Crippen LogP contribution in [0.4, 0.5) is 0 Å². The summed E-state index contributed by atoms with van der Waals surface area (Å²) in [7, 11) is 0. The van der Waals surface area contributed by atoms with Crippen molar-refractivity contribution in [2.75, 3.05) is 6.61 Å². The van der Waals surface area contributed by atoms with Gasteiger partial charge in [0.25, 0.3) is 0 Å². The summed E-state index contributed by atoms with van der Waals surface area (Å²) < 4.78 is 5.32. The molecule has 1 rings (SSSR count). The fraction of sp³-hybridized carbons (Fsp3) is 0.538. The van der Waals surface area contributed by atoms with Crippen LogP contribution >= 0.6 is 0 Å². The fourth-order valence-electron chi connectivity index (χ4n) is 1.77. The lowest BCUT2D eigenvalue weighted by Gasteiger charge is -2.12. The van der Waals surface area contributed by atoms with Crippen LogP contribution in [0.15, 0.2) is 37.0 Å². The molecule has 15 heavy (non-hydrogen) atoms. The first-order valence-electron chi connectivity index (χ1n) is 5.58. The highest BCUT2D eigenvalue weighted by molar-refractivity contribution is 5.09. The molecular weight excluding hydrogens is 188 g/mol. The quantitative estimate of drug-likeness (QED) is 0.537. The Balaban J connectivity index is 2.11. The van der Waals surface area contributed by atoms with E-state index in [2.05, 4.69) is 6.58 Å². The second-order valence-corrected chi connectivity index (χ2v) is 3.88. The van der Waals surface area contributed by atoms with Crippen molar-refractivity contribution < 1.29 is 9.84 Å². The standard InChI is InChI=1S/C13H20O2/c1-2-3-4-5-10-13(14)15-11-12-8-6-7-9-12/h2-5,10,12-14H,1,6-9,11H2. The third-order valence-electron chi connectivity index (χ3n) is 2.61. The Hall–Kier alpha value is -0.860. The maximum atomic E-state index is 9.44. The normalized spacial score (nSPS) is 20.3. The first-order chi connectivity index (χ1) is 7.33. The van der Waals surface area contributed by atoms with E-state index in [0.717, 1.165) is 0 Å². The van der Waals surface area contributed by atoms with Crippen LogP contribution in [-0.4, -0.2) is 18.0 Å². The Morgan fingerprint density at radius 1 is 1.27 bits per heavy atom. The van der Waals surface area contributed by atoms with Crippen molar-refractivity contribution in [3.05, 3.63) is 37.0 Å². The Labute approximate surface area is 92.0 Å². The minimum atomic E-state index is -0.778. The number of rotatable bonds is 6. The molecule has 0 spiro atoms. The Bertz CT molecular complexity index is 225. The Morgan fingerprint density at radius 2 is 2.00 bits per heavy atom. The zero-order valence-electron chi connectivity index (χ0n) is 9.14. The van der Waals surface area contributed by atoms with Crippen LogP contribution in [0.5, 0.6) is 0 Å². The molecular formula is C13H20O2. The van der Waals surface area contributed by atoms with Gasteiger partial charge in [-0.25, -0.2) is 0 Å². The number of ether oxygens (including phenoxy) is 1. The molecule has 0 saturated heterocycles. The highest BCUT2D eigenvalue weighted by Gasteiger charge is 2.15. The van der Waals surface area contributed by atoms with E-state index in [4.69, 9.17) is 4.74 Å². The lowest BCUT2D eigenvalue weighted by atomic mass is 10.1. The molecule has 84 valence electrons. The summed E-state index contributed by atoms with van der Waals surface area (Å²) in [5, 5.41) is 9.44. The van der Waals surface area contributed by atoms with Gasteiger partial charge in [-0.2, -0.15) is 0 Å². The third kappa shape index (κ3) is 5.55. The molecule has 0 aromatic heterocycles. The molecule has 1 unspecified atom stereocenters. The molecule has 1 saturated carbocycles. The van der Waals surface area contributed by atoms with Crippen LogP contribution in [0, 0.1) is 5.92 Å². The van der Waals surface area contributed by atoms with Gasteiger partial charge in [-0.05, 0) is 24.8 Å². The molecule has 0 heterocycles. The third-order valence-corrected chi connectivity index (χ3v) is 2.61. The summed E-state index contributed by atoms with van der Waals surface area (Å²) in [6.45, 7) is 4.23. The van der Waals surface area contributed by atoms with E-state index in [0.29, 0.717) is 12.5 Å². The predicted molar refractivity (Wildman–Crippen MR) is 62.4 cm³/mol. The van der Waals surface area contributed by atoms with Crippen molar-refractivity contribution in [2.45, 2.75) is 32.0 Å². The van der Waals surface area contributed by atoms with Gasteiger partial charge in [0.2, 0.25) is 0 Å². The lowest BCUT2D eigenvalue weighted by Crippen LogP contribution is -2.14. The Kier molecular flexibility index (Phi) is 6.05. The van der Waals surface area contributed by atoms with Gasteiger partial charge in [0.05, 0.1) is 6.61 Å². The predicted octanol–water partition coefficient (Wildman–Crippen LogP) is 2.81. The molecule has 1 N–H and O–H groups in total. The summed E-state index contributed by atoms with van der Waals surface area (Å²) in [6, 6.07) is 0. The monoisotopic (exact) mass is 208 g/mol. The number of allylic oxidation sites excluding steroid dienone is 4. The van der Waals surface area contributed by atoms with Crippen LogP contribution in [0.2, 0.25) is 0 Å². The van der Waals surface area contributed by atoms with Crippen LogP contribution in [0.25, 0.3) is 0 Å². The van der Waals surface area contributed by atoms with E-state index in [1.165, 1.54) is 25.7 Å². The average molecular weight is 208 g/mol. The summed E-state index contributed by atoms with van der Waals surface area (Å²) >= 11 is 0. The van der Waals surface area contributed by atoms with Crippen LogP contribution in [0.3, 0.4) is 0 Å². The number of aliphatic hydroxyl groups excluding tert-OH is 1. The van der Waals surface area contributed by atoms with E-state index in [1.54, 1.807) is 24.3 Å². The first-order valence-corrected chi connectivity index (χ1v) is 5.58. The topological polar surface area (TPSA) is 29.5 Å². The first kappa shape index (κ1) is 12.2. The largest absolute Gasteiger partial charge is 0.365 e. The average Bonchev–Trinajstić information content (AvgIpc) is 2.74. The molecule has 0 aromatic carbocycles. The Morgan fingerprint density at radius 3 is 2.67 bits per heavy atom. The maximum Gasteiger partial charge on any atom is 0.174 e. The van der Waals surface area contributed by atoms with Gasteiger partial charge >= 0.3 is 0 Å². The lowest BCUT2D eigenvalue weighted by molar-refractivity contribution is -0.0756. The van der Waals surface area contributed by atoms with Crippen molar-refractivity contribution in [2.24, 2.45) is 5.92 Å². The summed E-state index contributed by atoms with van der Waals surface area (Å²) in [5.41, 5.74) is 0. The van der Waals surface area contributed by atoms with Crippen molar-refractivity contribution >= 4 is 0 Å². The van der Waals surface area contributed by atoms with Gasteiger partial charge in [0.15, 0.2) is 6.29 Å². The van der Waals surface area contributed by atoms with Gasteiger partial charge in [0.1, 0.15) is 0 Å². The molecule has 2 nitrogen and oxygen atoms in total. The molecule has 0 bridgehead atoms. The molecule has 0 amide bonds. The summed E-state index contributed by atoms with van der Waals surface area (Å²) in [4.78, 5) is 0. The zero-order chi connectivity index (χ0) is 10.9. The van der Waals surface area contributed by atoms with Gasteiger partial charge in [-0.3, -0.25) is 0 Å². The smallest absolute Gasteiger partial charge is 0.174 e. The highest BCUT2D eigenvalue weighted by atomic mass is 16.6. The van der Waals surface area contributed by atoms with E-state index < -0.39 is 6.29 Å². The van der Waals surface area contributed by atoms with Crippen molar-refractivity contribution in [1.82, 2.24) is 0 Å². The van der Waals surface area contributed by atoms with Gasteiger partial charge < -0.3 is 9.84 Å². The van der Waals surface area contributed by atoms with E-state index in [1.807, 2.05) is 6.08 Å². The van der Waals surface area contributed by atoms with E-state index >= 15 is 0 Å². The maximum absolute atomic E-state index is 9.44. The number of hydrogen-bond acceptors (Lipinski definition) is 2. The molecule has 1 aliphatic carbocycles. The van der Waals surface area contributed by atoms with Crippen LogP contribution < -0.4 is 0 Å². The molecule has 1 fully saturated rings. The number of hydrogen-bond donors (Lipinski definition) is 1. The van der Waals surface area contributed by atoms with Gasteiger partial charge in [-0.15, -0.1) is 0 Å². The molecule has 0 aromatic rings. The van der Waals surface area contributed by atoms with Crippen LogP contribution in [0.1, 0.15) is 25.7 Å². The molecule has 0 aliphatic heterocycles.